The van der Waals surface area contributed by atoms with Crippen LogP contribution in [-0.4, -0.2) is 28.9 Å². The predicted molar refractivity (Wildman–Crippen MR) is 94.4 cm³/mol. The van der Waals surface area contributed by atoms with Gasteiger partial charge in [0.1, 0.15) is 11.6 Å². The average molecular weight is 339 g/mol. The van der Waals surface area contributed by atoms with Crippen molar-refractivity contribution < 1.29 is 9.59 Å². The molecule has 0 aliphatic heterocycles. The topological polar surface area (TPSA) is 91.1 Å². The molecule has 0 saturated heterocycles. The second-order valence-corrected chi connectivity index (χ2v) is 6.38. The van der Waals surface area contributed by atoms with Gasteiger partial charge in [-0.25, -0.2) is 0 Å². The number of amides is 2. The summed E-state index contributed by atoms with van der Waals surface area (Å²) in [7, 11) is 0. The number of aromatic amines is 1. The first-order chi connectivity index (χ1) is 12.0. The molecule has 0 spiro atoms. The average Bonchev–Trinajstić information content (AvgIpc) is 3.39. The van der Waals surface area contributed by atoms with E-state index in [0.717, 1.165) is 18.4 Å². The monoisotopic (exact) mass is 339 g/mol. The van der Waals surface area contributed by atoms with E-state index >= 15 is 0 Å². The highest BCUT2D eigenvalue weighted by Gasteiger charge is 2.29. The molecule has 1 heterocycles. The van der Waals surface area contributed by atoms with Crippen molar-refractivity contribution in [2.75, 3.05) is 0 Å². The van der Waals surface area contributed by atoms with Crippen molar-refractivity contribution in [3.63, 3.8) is 0 Å². The third kappa shape index (κ3) is 4.56. The minimum atomic E-state index is -0.726. The number of pyridine rings is 1. The molecule has 0 radical (unpaired) electrons. The number of nitrogens with one attached hydrogen (secondary N) is 3. The molecule has 1 unspecified atom stereocenters. The molecule has 2 aromatic rings. The maximum absolute atomic E-state index is 12.5. The highest BCUT2D eigenvalue weighted by atomic mass is 16.2. The lowest BCUT2D eigenvalue weighted by molar-refractivity contribution is -0.123. The predicted octanol–water partition coefficient (Wildman–Crippen LogP) is 1.30. The largest absolute Gasteiger partial charge is 0.352 e. The number of H-pyrrole nitrogens is 1. The summed E-state index contributed by atoms with van der Waals surface area (Å²) in [5.41, 5.74) is 1.16. The van der Waals surface area contributed by atoms with E-state index in [1.165, 1.54) is 6.07 Å². The van der Waals surface area contributed by atoms with Crippen molar-refractivity contribution in [2.45, 2.75) is 38.3 Å². The van der Waals surface area contributed by atoms with Crippen LogP contribution in [0, 0.1) is 6.92 Å². The lowest BCUT2D eigenvalue weighted by Gasteiger charge is -2.18. The Balaban J connectivity index is 1.76. The lowest BCUT2D eigenvalue weighted by Crippen LogP contribution is -2.49. The van der Waals surface area contributed by atoms with Gasteiger partial charge in [0, 0.05) is 18.2 Å². The molecular formula is C19H21N3O3. The molecule has 25 heavy (non-hydrogen) atoms. The molecule has 6 nitrogen and oxygen atoms in total. The molecule has 0 bridgehead atoms. The van der Waals surface area contributed by atoms with Crippen LogP contribution in [0.1, 0.15) is 34.5 Å². The van der Waals surface area contributed by atoms with Gasteiger partial charge in [-0.1, -0.05) is 30.3 Å². The van der Waals surface area contributed by atoms with Crippen LogP contribution in [0.5, 0.6) is 0 Å². The summed E-state index contributed by atoms with van der Waals surface area (Å²) in [6, 6.07) is 12.1. The van der Waals surface area contributed by atoms with Crippen molar-refractivity contribution in [1.82, 2.24) is 15.6 Å². The zero-order chi connectivity index (χ0) is 17.8. The maximum atomic E-state index is 12.5. The standard InChI is InChI=1S/C19H21N3O3/c1-12-7-10-15(17(23)20-12)18(24)22-16(19(25)21-14-8-9-14)11-13-5-3-2-4-6-13/h2-7,10,14,16H,8-9,11H2,1H3,(H,20,23)(H,21,25)(H,22,24). The molecule has 6 heteroatoms. The highest BCUT2D eigenvalue weighted by Crippen LogP contribution is 2.19. The van der Waals surface area contributed by atoms with Gasteiger partial charge in [0.15, 0.2) is 0 Å². The van der Waals surface area contributed by atoms with Crippen LogP contribution in [0.4, 0.5) is 0 Å². The van der Waals surface area contributed by atoms with Gasteiger partial charge in [0.05, 0.1) is 0 Å². The number of hydrogen-bond donors (Lipinski definition) is 3. The molecule has 1 atom stereocenters. The minimum absolute atomic E-state index is 0.00267. The smallest absolute Gasteiger partial charge is 0.260 e. The molecule has 130 valence electrons. The lowest BCUT2D eigenvalue weighted by atomic mass is 10.0. The molecule has 1 aromatic carbocycles. The Morgan fingerprint density at radius 2 is 1.88 bits per heavy atom. The molecule has 2 amide bonds. The van der Waals surface area contributed by atoms with E-state index in [0.29, 0.717) is 12.1 Å². The Labute approximate surface area is 145 Å². The molecule has 1 aliphatic rings. The van der Waals surface area contributed by atoms with E-state index in [-0.39, 0.29) is 17.5 Å². The van der Waals surface area contributed by atoms with Crippen LogP contribution in [0.15, 0.2) is 47.3 Å². The van der Waals surface area contributed by atoms with Gasteiger partial charge in [-0.2, -0.15) is 0 Å². The Morgan fingerprint density at radius 3 is 2.52 bits per heavy atom. The molecule has 1 saturated carbocycles. The summed E-state index contributed by atoms with van der Waals surface area (Å²) in [5.74, 6) is -0.767. The molecule has 1 aromatic heterocycles. The van der Waals surface area contributed by atoms with Crippen LogP contribution in [0.3, 0.4) is 0 Å². The number of carbonyl (C=O) groups is 2. The van der Waals surface area contributed by atoms with Gasteiger partial charge in [0.2, 0.25) is 5.91 Å². The quantitative estimate of drug-likeness (QED) is 0.741. The van der Waals surface area contributed by atoms with Crippen molar-refractivity contribution in [3.8, 4) is 0 Å². The highest BCUT2D eigenvalue weighted by molar-refractivity contribution is 5.97. The summed E-state index contributed by atoms with van der Waals surface area (Å²) < 4.78 is 0. The second kappa shape index (κ2) is 7.34. The van der Waals surface area contributed by atoms with Crippen molar-refractivity contribution in [3.05, 3.63) is 69.6 Å². The first-order valence-corrected chi connectivity index (χ1v) is 8.38. The van der Waals surface area contributed by atoms with Gasteiger partial charge in [0.25, 0.3) is 11.5 Å². The van der Waals surface area contributed by atoms with Crippen LogP contribution in [0.2, 0.25) is 0 Å². The van der Waals surface area contributed by atoms with Crippen LogP contribution in [-0.2, 0) is 11.2 Å². The first kappa shape index (κ1) is 17.0. The normalized spacial score (nSPS) is 14.6. The van der Waals surface area contributed by atoms with E-state index < -0.39 is 17.5 Å². The van der Waals surface area contributed by atoms with Crippen molar-refractivity contribution in [2.24, 2.45) is 0 Å². The van der Waals surface area contributed by atoms with E-state index in [2.05, 4.69) is 15.6 Å². The van der Waals surface area contributed by atoms with Gasteiger partial charge in [-0.05, 0) is 37.5 Å². The fraction of sp³-hybridized carbons (Fsp3) is 0.316. The summed E-state index contributed by atoms with van der Waals surface area (Å²) in [5, 5.41) is 5.62. The van der Waals surface area contributed by atoms with Crippen molar-refractivity contribution in [1.29, 1.82) is 0 Å². The maximum Gasteiger partial charge on any atom is 0.260 e. The number of carbonyl (C=O) groups excluding carboxylic acids is 2. The van der Waals surface area contributed by atoms with E-state index in [9.17, 15) is 14.4 Å². The molecule has 1 aliphatic carbocycles. The minimum Gasteiger partial charge on any atom is -0.352 e. The number of aryl methyl sites for hydroxylation is 1. The van der Waals surface area contributed by atoms with Gasteiger partial charge >= 0.3 is 0 Å². The first-order valence-electron chi connectivity index (χ1n) is 8.38. The Hall–Kier alpha value is -2.89. The zero-order valence-electron chi connectivity index (χ0n) is 14.0. The van der Waals surface area contributed by atoms with Crippen LogP contribution >= 0.6 is 0 Å². The van der Waals surface area contributed by atoms with E-state index in [1.807, 2.05) is 30.3 Å². The summed E-state index contributed by atoms with van der Waals surface area (Å²) in [6.07, 6.45) is 2.31. The van der Waals surface area contributed by atoms with Crippen LogP contribution < -0.4 is 16.2 Å². The number of aromatic nitrogens is 1. The molecule has 1 fully saturated rings. The second-order valence-electron chi connectivity index (χ2n) is 6.38. The Morgan fingerprint density at radius 1 is 1.16 bits per heavy atom. The summed E-state index contributed by atoms with van der Waals surface area (Å²) >= 11 is 0. The molecular weight excluding hydrogens is 318 g/mol. The van der Waals surface area contributed by atoms with E-state index in [4.69, 9.17) is 0 Å². The van der Waals surface area contributed by atoms with Crippen molar-refractivity contribution >= 4 is 11.8 Å². The fourth-order valence-electron chi connectivity index (χ4n) is 2.58. The SMILES string of the molecule is Cc1ccc(C(=O)NC(Cc2ccccc2)C(=O)NC2CC2)c(=O)[nH]1. The fourth-order valence-corrected chi connectivity index (χ4v) is 2.58. The third-order valence-corrected chi connectivity index (χ3v) is 4.13. The summed E-state index contributed by atoms with van der Waals surface area (Å²) in [4.78, 5) is 39.5. The third-order valence-electron chi connectivity index (χ3n) is 4.13. The molecule has 3 N–H and O–H groups in total. The molecule has 3 rings (SSSR count). The number of hydrogen-bond acceptors (Lipinski definition) is 3. The number of benzene rings is 1. The van der Waals surface area contributed by atoms with E-state index in [1.54, 1.807) is 13.0 Å². The van der Waals surface area contributed by atoms with Gasteiger partial charge in [-0.3, -0.25) is 14.4 Å². The Bertz CT molecular complexity index is 825. The van der Waals surface area contributed by atoms with Gasteiger partial charge in [-0.15, -0.1) is 0 Å². The summed E-state index contributed by atoms with van der Waals surface area (Å²) in [6.45, 7) is 1.74. The van der Waals surface area contributed by atoms with Gasteiger partial charge < -0.3 is 15.6 Å². The Kier molecular flexibility index (Phi) is 4.97. The zero-order valence-corrected chi connectivity index (χ0v) is 14.0. The number of rotatable bonds is 6. The van der Waals surface area contributed by atoms with Crippen LogP contribution in [0.25, 0.3) is 0 Å².